The smallest absolute Gasteiger partial charge is 0.175 e. The van der Waals surface area contributed by atoms with Gasteiger partial charge in [0, 0.05) is 12.7 Å². The maximum atomic E-state index is 6.11. The predicted molar refractivity (Wildman–Crippen MR) is 72.9 cm³/mol. The molecule has 0 amide bonds. The molecule has 2 aromatic heterocycles. The molecular weight excluding hydrogens is 226 g/mol. The molecule has 0 atom stereocenters. The van der Waals surface area contributed by atoms with Gasteiger partial charge >= 0.3 is 0 Å². The van der Waals surface area contributed by atoms with Gasteiger partial charge in [0.15, 0.2) is 5.82 Å². The molecule has 2 rings (SSSR count). The Bertz CT molecular complexity index is 536. The van der Waals surface area contributed by atoms with E-state index in [0.29, 0.717) is 11.6 Å². The quantitative estimate of drug-likeness (QED) is 0.903. The second-order valence-corrected chi connectivity index (χ2v) is 4.89. The average Bonchev–Trinajstić information content (AvgIpc) is 2.87. The zero-order valence-corrected chi connectivity index (χ0v) is 11.5. The van der Waals surface area contributed by atoms with Crippen LogP contribution in [-0.2, 0) is 6.54 Å². The maximum Gasteiger partial charge on any atom is 0.175 e. The lowest BCUT2D eigenvalue weighted by atomic mass is 10.1. The summed E-state index contributed by atoms with van der Waals surface area (Å²) in [6, 6.07) is 2.03. The molecule has 0 aliphatic carbocycles. The van der Waals surface area contributed by atoms with Gasteiger partial charge in [-0.05, 0) is 25.3 Å². The summed E-state index contributed by atoms with van der Waals surface area (Å²) in [4.78, 5) is 0. The van der Waals surface area contributed by atoms with Crippen LogP contribution in [-0.4, -0.2) is 19.6 Å². The molecule has 0 saturated carbocycles. The van der Waals surface area contributed by atoms with Crippen molar-refractivity contribution in [3.05, 3.63) is 23.7 Å². The minimum Gasteiger partial charge on any atom is -0.394 e. The molecule has 2 heterocycles. The van der Waals surface area contributed by atoms with E-state index in [9.17, 15) is 0 Å². The first kappa shape index (κ1) is 12.7. The van der Waals surface area contributed by atoms with E-state index in [1.807, 2.05) is 28.6 Å². The van der Waals surface area contributed by atoms with Gasteiger partial charge in [-0.1, -0.05) is 20.8 Å². The third-order valence-electron chi connectivity index (χ3n) is 3.00. The summed E-state index contributed by atoms with van der Waals surface area (Å²) in [5.41, 5.74) is 8.74. The van der Waals surface area contributed by atoms with Gasteiger partial charge in [-0.15, -0.1) is 0 Å². The highest BCUT2D eigenvalue weighted by molar-refractivity contribution is 5.56. The highest BCUT2D eigenvalue weighted by Gasteiger charge is 2.15. The second-order valence-electron chi connectivity index (χ2n) is 4.89. The lowest BCUT2D eigenvalue weighted by molar-refractivity contribution is 0.572. The Morgan fingerprint density at radius 2 is 2.06 bits per heavy atom. The average molecular weight is 247 g/mol. The van der Waals surface area contributed by atoms with E-state index in [1.54, 1.807) is 0 Å². The summed E-state index contributed by atoms with van der Waals surface area (Å²) < 4.78 is 3.77. The van der Waals surface area contributed by atoms with Gasteiger partial charge in [0.2, 0.25) is 0 Å². The summed E-state index contributed by atoms with van der Waals surface area (Å²) in [7, 11) is 0. The summed E-state index contributed by atoms with van der Waals surface area (Å²) in [6.07, 6.45) is 2.97. The molecular formula is C13H21N5. The Balaban J connectivity index is 2.47. The largest absolute Gasteiger partial charge is 0.394 e. The van der Waals surface area contributed by atoms with Crippen LogP contribution in [0.2, 0.25) is 0 Å². The van der Waals surface area contributed by atoms with Crippen molar-refractivity contribution >= 4 is 5.69 Å². The van der Waals surface area contributed by atoms with Crippen LogP contribution < -0.4 is 5.73 Å². The fraction of sp³-hybridized carbons (Fsp3) is 0.538. The number of anilines is 1. The number of nitrogens with zero attached hydrogens (tertiary/aromatic N) is 4. The Kier molecular flexibility index (Phi) is 3.41. The van der Waals surface area contributed by atoms with E-state index in [4.69, 9.17) is 5.73 Å². The van der Waals surface area contributed by atoms with Gasteiger partial charge in [-0.3, -0.25) is 0 Å². The van der Waals surface area contributed by atoms with E-state index in [2.05, 4.69) is 31.0 Å². The molecule has 5 nitrogen and oxygen atoms in total. The van der Waals surface area contributed by atoms with E-state index in [-0.39, 0.29) is 0 Å². The Hall–Kier alpha value is -1.78. The molecule has 0 aliphatic rings. The SMILES string of the molecule is CCCn1nc(C)c(N)c1-n1ccc(C(C)C)n1. The van der Waals surface area contributed by atoms with Crippen molar-refractivity contribution in [1.29, 1.82) is 0 Å². The first-order chi connectivity index (χ1) is 8.54. The number of rotatable bonds is 4. The second kappa shape index (κ2) is 4.84. The van der Waals surface area contributed by atoms with Crippen molar-refractivity contribution in [3.8, 4) is 5.82 Å². The lowest BCUT2D eigenvalue weighted by Gasteiger charge is -2.07. The maximum absolute atomic E-state index is 6.11. The molecule has 5 heteroatoms. The number of aryl methyl sites for hydroxylation is 2. The minimum atomic E-state index is 0.413. The molecule has 18 heavy (non-hydrogen) atoms. The predicted octanol–water partition coefficient (Wildman–Crippen LogP) is 2.49. The highest BCUT2D eigenvalue weighted by atomic mass is 15.4. The summed E-state index contributed by atoms with van der Waals surface area (Å²) in [6.45, 7) is 9.16. The Morgan fingerprint density at radius 3 is 2.61 bits per heavy atom. The van der Waals surface area contributed by atoms with E-state index < -0.39 is 0 Å². The van der Waals surface area contributed by atoms with Crippen LogP contribution >= 0.6 is 0 Å². The number of aromatic nitrogens is 4. The molecule has 0 fully saturated rings. The topological polar surface area (TPSA) is 61.7 Å². The van der Waals surface area contributed by atoms with Gasteiger partial charge in [0.05, 0.1) is 17.1 Å². The molecule has 0 radical (unpaired) electrons. The number of nitrogen functional groups attached to an aromatic ring is 1. The number of nitrogens with two attached hydrogens (primary N) is 1. The molecule has 0 spiro atoms. The van der Waals surface area contributed by atoms with E-state index in [1.165, 1.54) is 0 Å². The molecule has 2 N–H and O–H groups in total. The van der Waals surface area contributed by atoms with Crippen molar-refractivity contribution in [1.82, 2.24) is 19.6 Å². The molecule has 0 aliphatic heterocycles. The van der Waals surface area contributed by atoms with Crippen LogP contribution in [0.15, 0.2) is 12.3 Å². The highest BCUT2D eigenvalue weighted by Crippen LogP contribution is 2.22. The monoisotopic (exact) mass is 247 g/mol. The Morgan fingerprint density at radius 1 is 1.33 bits per heavy atom. The van der Waals surface area contributed by atoms with Crippen LogP contribution in [0.5, 0.6) is 0 Å². The molecule has 2 aromatic rings. The molecule has 0 aromatic carbocycles. The zero-order valence-electron chi connectivity index (χ0n) is 11.5. The fourth-order valence-electron chi connectivity index (χ4n) is 1.96. The molecule has 0 bridgehead atoms. The fourth-order valence-corrected chi connectivity index (χ4v) is 1.96. The van der Waals surface area contributed by atoms with Gasteiger partial charge in [0.25, 0.3) is 0 Å². The summed E-state index contributed by atoms with van der Waals surface area (Å²) in [5, 5.41) is 9.03. The van der Waals surface area contributed by atoms with Gasteiger partial charge in [-0.2, -0.15) is 10.2 Å². The van der Waals surface area contributed by atoms with Gasteiger partial charge in [0.1, 0.15) is 0 Å². The van der Waals surface area contributed by atoms with Crippen LogP contribution in [0.1, 0.15) is 44.5 Å². The third kappa shape index (κ3) is 2.12. The standard InChI is InChI=1S/C13H21N5/c1-5-7-17-13(12(14)10(4)15-17)18-8-6-11(16-18)9(2)3/h6,8-9H,5,7,14H2,1-4H3. The molecule has 98 valence electrons. The number of hydrogen-bond acceptors (Lipinski definition) is 3. The van der Waals surface area contributed by atoms with Crippen LogP contribution in [0.3, 0.4) is 0 Å². The van der Waals surface area contributed by atoms with Gasteiger partial charge < -0.3 is 5.73 Å². The number of hydrogen-bond donors (Lipinski definition) is 1. The third-order valence-corrected chi connectivity index (χ3v) is 3.00. The van der Waals surface area contributed by atoms with Gasteiger partial charge in [-0.25, -0.2) is 9.36 Å². The zero-order chi connectivity index (χ0) is 13.3. The van der Waals surface area contributed by atoms with Crippen molar-refractivity contribution in [3.63, 3.8) is 0 Å². The molecule has 0 unspecified atom stereocenters. The van der Waals surface area contributed by atoms with Crippen LogP contribution in [0.4, 0.5) is 5.69 Å². The van der Waals surface area contributed by atoms with Crippen molar-refractivity contribution in [2.75, 3.05) is 5.73 Å². The lowest BCUT2D eigenvalue weighted by Crippen LogP contribution is -2.09. The Labute approximate surface area is 108 Å². The minimum absolute atomic E-state index is 0.413. The van der Waals surface area contributed by atoms with Crippen LogP contribution in [0.25, 0.3) is 5.82 Å². The summed E-state index contributed by atoms with van der Waals surface area (Å²) in [5.74, 6) is 1.29. The normalized spacial score (nSPS) is 11.4. The first-order valence-corrected chi connectivity index (χ1v) is 6.43. The van der Waals surface area contributed by atoms with Crippen LogP contribution in [0, 0.1) is 6.92 Å². The summed E-state index contributed by atoms with van der Waals surface area (Å²) >= 11 is 0. The molecule has 0 saturated heterocycles. The van der Waals surface area contributed by atoms with E-state index in [0.717, 1.165) is 30.2 Å². The first-order valence-electron chi connectivity index (χ1n) is 6.43. The van der Waals surface area contributed by atoms with E-state index >= 15 is 0 Å². The van der Waals surface area contributed by atoms with Crippen molar-refractivity contribution in [2.45, 2.75) is 46.6 Å². The van der Waals surface area contributed by atoms with Crippen molar-refractivity contribution in [2.24, 2.45) is 0 Å². The van der Waals surface area contributed by atoms with Crippen molar-refractivity contribution < 1.29 is 0 Å².